The highest BCUT2D eigenvalue weighted by molar-refractivity contribution is 5.92. The third-order valence-corrected chi connectivity index (χ3v) is 4.19. The Kier molecular flexibility index (Phi) is 6.06. The molecule has 0 saturated carbocycles. The van der Waals surface area contributed by atoms with Crippen molar-refractivity contribution < 1.29 is 14.3 Å². The molecule has 0 aliphatic heterocycles. The second kappa shape index (κ2) is 8.85. The van der Waals surface area contributed by atoms with Gasteiger partial charge in [0.05, 0.1) is 25.9 Å². The smallest absolute Gasteiger partial charge is 0.270 e. The topological polar surface area (TPSA) is 85.4 Å². The van der Waals surface area contributed by atoms with Crippen molar-refractivity contribution in [3.8, 4) is 11.5 Å². The molecule has 1 unspecified atom stereocenters. The van der Waals surface area contributed by atoms with Crippen LogP contribution in [0.5, 0.6) is 11.5 Å². The number of carbonyl (C=O) groups excluding carboxylic acids is 1. The maximum absolute atomic E-state index is 12.6. The number of anilines is 2. The third-order valence-electron chi connectivity index (χ3n) is 4.19. The summed E-state index contributed by atoms with van der Waals surface area (Å²) < 4.78 is 10.6. The Bertz CT molecular complexity index is 947. The minimum atomic E-state index is -0.278. The summed E-state index contributed by atoms with van der Waals surface area (Å²) in [5, 5.41) is 6.01. The van der Waals surface area contributed by atoms with E-state index in [4.69, 9.17) is 9.47 Å². The first-order valence-corrected chi connectivity index (χ1v) is 8.78. The van der Waals surface area contributed by atoms with E-state index in [1.54, 1.807) is 38.5 Å². The van der Waals surface area contributed by atoms with Gasteiger partial charge in [-0.15, -0.1) is 0 Å². The Morgan fingerprint density at radius 1 is 1.04 bits per heavy atom. The van der Waals surface area contributed by atoms with Crippen LogP contribution in [0.15, 0.2) is 60.8 Å². The van der Waals surface area contributed by atoms with Crippen LogP contribution in [0.4, 0.5) is 11.6 Å². The highest BCUT2D eigenvalue weighted by Crippen LogP contribution is 2.30. The molecular formula is C21H22N4O3. The van der Waals surface area contributed by atoms with Gasteiger partial charge in [0.25, 0.3) is 5.91 Å². The van der Waals surface area contributed by atoms with Crippen molar-refractivity contribution in [2.24, 2.45) is 0 Å². The van der Waals surface area contributed by atoms with Crippen LogP contribution >= 0.6 is 0 Å². The number of aromatic nitrogens is 2. The van der Waals surface area contributed by atoms with Crippen LogP contribution in [0.2, 0.25) is 0 Å². The molecule has 0 radical (unpaired) electrons. The summed E-state index contributed by atoms with van der Waals surface area (Å²) in [5.74, 6) is 1.27. The molecule has 0 spiro atoms. The van der Waals surface area contributed by atoms with Crippen molar-refractivity contribution in [1.29, 1.82) is 0 Å². The third kappa shape index (κ3) is 4.56. The molecule has 144 valence electrons. The summed E-state index contributed by atoms with van der Waals surface area (Å²) >= 11 is 0. The second-order valence-electron chi connectivity index (χ2n) is 6.06. The van der Waals surface area contributed by atoms with Crippen molar-refractivity contribution >= 4 is 17.5 Å². The molecule has 2 aromatic carbocycles. The highest BCUT2D eigenvalue weighted by atomic mass is 16.5. The molecule has 1 heterocycles. The predicted molar refractivity (Wildman–Crippen MR) is 107 cm³/mol. The van der Waals surface area contributed by atoms with Gasteiger partial charge in [-0.05, 0) is 30.7 Å². The molecule has 7 heteroatoms. The zero-order chi connectivity index (χ0) is 19.9. The van der Waals surface area contributed by atoms with Gasteiger partial charge in [0.2, 0.25) is 5.95 Å². The van der Waals surface area contributed by atoms with Crippen LogP contribution in [0.3, 0.4) is 0 Å². The Labute approximate surface area is 163 Å². The number of amides is 1. The Morgan fingerprint density at radius 3 is 2.54 bits per heavy atom. The van der Waals surface area contributed by atoms with Gasteiger partial charge in [0, 0.05) is 12.3 Å². The van der Waals surface area contributed by atoms with E-state index < -0.39 is 0 Å². The van der Waals surface area contributed by atoms with Crippen LogP contribution in [0.25, 0.3) is 0 Å². The quantitative estimate of drug-likeness (QED) is 0.652. The lowest BCUT2D eigenvalue weighted by Crippen LogP contribution is -2.27. The molecule has 2 N–H and O–H groups in total. The summed E-state index contributed by atoms with van der Waals surface area (Å²) in [4.78, 5) is 21.1. The van der Waals surface area contributed by atoms with Gasteiger partial charge < -0.3 is 20.1 Å². The molecule has 7 nitrogen and oxygen atoms in total. The molecule has 0 fully saturated rings. The fourth-order valence-electron chi connectivity index (χ4n) is 2.67. The van der Waals surface area contributed by atoms with E-state index >= 15 is 0 Å². The van der Waals surface area contributed by atoms with E-state index in [0.717, 1.165) is 5.56 Å². The number of ether oxygens (including phenoxy) is 2. The number of methoxy groups -OCH3 is 2. The maximum atomic E-state index is 12.6. The molecule has 1 amide bonds. The van der Waals surface area contributed by atoms with Gasteiger partial charge in [0.1, 0.15) is 17.2 Å². The monoisotopic (exact) mass is 378 g/mol. The average Bonchev–Trinajstić information content (AvgIpc) is 2.74. The molecule has 1 aromatic heterocycles. The zero-order valence-corrected chi connectivity index (χ0v) is 16.0. The molecule has 0 bridgehead atoms. The van der Waals surface area contributed by atoms with Gasteiger partial charge in [-0.25, -0.2) is 9.97 Å². The maximum Gasteiger partial charge on any atom is 0.270 e. The van der Waals surface area contributed by atoms with E-state index in [0.29, 0.717) is 17.2 Å². The van der Waals surface area contributed by atoms with Gasteiger partial charge in [0.15, 0.2) is 0 Å². The van der Waals surface area contributed by atoms with Crippen molar-refractivity contribution in [1.82, 2.24) is 15.3 Å². The zero-order valence-electron chi connectivity index (χ0n) is 16.0. The first-order valence-electron chi connectivity index (χ1n) is 8.78. The summed E-state index contributed by atoms with van der Waals surface area (Å²) in [6.45, 7) is 1.93. The average molecular weight is 378 g/mol. The van der Waals surface area contributed by atoms with Crippen molar-refractivity contribution in [3.63, 3.8) is 0 Å². The number of benzene rings is 2. The summed E-state index contributed by atoms with van der Waals surface area (Å²) in [5.41, 5.74) is 1.92. The first kappa shape index (κ1) is 19.2. The van der Waals surface area contributed by atoms with Crippen molar-refractivity contribution in [2.45, 2.75) is 13.0 Å². The van der Waals surface area contributed by atoms with E-state index in [1.165, 1.54) is 6.20 Å². The number of hydrogen-bond acceptors (Lipinski definition) is 6. The normalized spacial score (nSPS) is 11.4. The van der Waals surface area contributed by atoms with E-state index in [1.807, 2.05) is 37.3 Å². The number of rotatable bonds is 7. The molecule has 3 rings (SSSR count). The van der Waals surface area contributed by atoms with Crippen LogP contribution in [0.1, 0.15) is 29.0 Å². The number of carbonyl (C=O) groups is 1. The SMILES string of the molecule is COc1ccc(OC)c(Nc2nccc(C(=O)NC(C)c3ccccc3)n2)c1. The fourth-order valence-corrected chi connectivity index (χ4v) is 2.67. The van der Waals surface area contributed by atoms with Gasteiger partial charge in [-0.2, -0.15) is 0 Å². The molecule has 1 atom stereocenters. The number of nitrogens with one attached hydrogen (secondary N) is 2. The highest BCUT2D eigenvalue weighted by Gasteiger charge is 2.14. The molecule has 28 heavy (non-hydrogen) atoms. The van der Waals surface area contributed by atoms with Gasteiger partial charge in [-0.3, -0.25) is 4.79 Å². The molecule has 0 aliphatic rings. The Balaban J connectivity index is 1.76. The molecular weight excluding hydrogens is 356 g/mol. The van der Waals surface area contributed by atoms with E-state index in [2.05, 4.69) is 20.6 Å². The van der Waals surface area contributed by atoms with Gasteiger partial charge >= 0.3 is 0 Å². The summed E-state index contributed by atoms with van der Waals surface area (Å²) in [7, 11) is 3.16. The second-order valence-corrected chi connectivity index (χ2v) is 6.06. The number of hydrogen-bond donors (Lipinski definition) is 2. The van der Waals surface area contributed by atoms with E-state index in [-0.39, 0.29) is 23.6 Å². The predicted octanol–water partition coefficient (Wildman–Crippen LogP) is 3.73. The molecule has 0 aliphatic carbocycles. The van der Waals surface area contributed by atoms with E-state index in [9.17, 15) is 4.79 Å². The summed E-state index contributed by atoms with van der Waals surface area (Å²) in [6, 6.07) is 16.5. The van der Waals surface area contributed by atoms with Crippen molar-refractivity contribution in [2.75, 3.05) is 19.5 Å². The minimum Gasteiger partial charge on any atom is -0.497 e. The van der Waals surface area contributed by atoms with Crippen LogP contribution in [0, 0.1) is 0 Å². The lowest BCUT2D eigenvalue weighted by molar-refractivity contribution is 0.0935. The van der Waals surface area contributed by atoms with Crippen LogP contribution < -0.4 is 20.1 Å². The number of nitrogens with zero attached hydrogens (tertiary/aromatic N) is 2. The lowest BCUT2D eigenvalue weighted by atomic mass is 10.1. The lowest BCUT2D eigenvalue weighted by Gasteiger charge is -2.15. The fraction of sp³-hybridized carbons (Fsp3) is 0.190. The molecule has 3 aromatic rings. The minimum absolute atomic E-state index is 0.140. The Morgan fingerprint density at radius 2 is 1.82 bits per heavy atom. The molecule has 0 saturated heterocycles. The van der Waals surface area contributed by atoms with Crippen LogP contribution in [-0.4, -0.2) is 30.1 Å². The van der Waals surface area contributed by atoms with Crippen LogP contribution in [-0.2, 0) is 0 Å². The first-order chi connectivity index (χ1) is 13.6. The van der Waals surface area contributed by atoms with Crippen molar-refractivity contribution in [3.05, 3.63) is 72.1 Å². The Hall–Kier alpha value is -3.61. The summed E-state index contributed by atoms with van der Waals surface area (Å²) in [6.07, 6.45) is 1.53. The standard InChI is InChI=1S/C21H22N4O3/c1-14(15-7-5-4-6-8-15)23-20(26)17-11-12-22-21(24-17)25-18-13-16(27-2)9-10-19(18)28-3/h4-14H,1-3H3,(H,23,26)(H,22,24,25). The van der Waals surface area contributed by atoms with Gasteiger partial charge in [-0.1, -0.05) is 30.3 Å². The largest absolute Gasteiger partial charge is 0.497 e.